The zero-order valence-electron chi connectivity index (χ0n) is 10.7. The van der Waals surface area contributed by atoms with Gasteiger partial charge in [-0.2, -0.15) is 0 Å². The minimum Gasteiger partial charge on any atom is -0.478 e. The van der Waals surface area contributed by atoms with Gasteiger partial charge in [-0.3, -0.25) is 0 Å². The summed E-state index contributed by atoms with van der Waals surface area (Å²) in [7, 11) is 1.64. The zero-order chi connectivity index (χ0) is 14.0. The Kier molecular flexibility index (Phi) is 3.80. The van der Waals surface area contributed by atoms with Crippen LogP contribution < -0.4 is 0 Å². The molecule has 0 aliphatic carbocycles. The van der Waals surface area contributed by atoms with Crippen molar-refractivity contribution in [2.45, 2.75) is 25.9 Å². The number of aromatic amines is 1. The lowest BCUT2D eigenvalue weighted by atomic mass is 10.2. The van der Waals surface area contributed by atoms with Crippen molar-refractivity contribution in [1.29, 1.82) is 0 Å². The first-order valence-corrected chi connectivity index (χ1v) is 5.95. The third-order valence-corrected chi connectivity index (χ3v) is 3.04. The number of nitrogens with one attached hydrogen (secondary N) is 1. The summed E-state index contributed by atoms with van der Waals surface area (Å²) in [5.41, 5.74) is 0.595. The first kappa shape index (κ1) is 13.5. The van der Waals surface area contributed by atoms with Crippen molar-refractivity contribution in [2.75, 3.05) is 7.11 Å². The van der Waals surface area contributed by atoms with E-state index in [0.717, 1.165) is 12.5 Å². The second-order valence-electron chi connectivity index (χ2n) is 4.42. The molecular weight excluding hydrogens is 251 g/mol. The predicted octanol–water partition coefficient (Wildman–Crippen LogP) is 2.37. The summed E-state index contributed by atoms with van der Waals surface area (Å²) in [4.78, 5) is 18.1. The number of aryl methyl sites for hydroxylation is 1. The van der Waals surface area contributed by atoms with Crippen LogP contribution in [0.15, 0.2) is 12.1 Å². The molecule has 0 radical (unpaired) electrons. The van der Waals surface area contributed by atoms with Gasteiger partial charge in [0.05, 0.1) is 22.7 Å². The molecule has 1 heterocycles. The van der Waals surface area contributed by atoms with E-state index >= 15 is 0 Å². The van der Waals surface area contributed by atoms with E-state index in [0.29, 0.717) is 23.3 Å². The lowest BCUT2D eigenvalue weighted by Crippen LogP contribution is -2.06. The van der Waals surface area contributed by atoms with Gasteiger partial charge < -0.3 is 14.8 Å². The van der Waals surface area contributed by atoms with E-state index < -0.39 is 11.8 Å². The maximum Gasteiger partial charge on any atom is 0.338 e. The Balaban J connectivity index is 2.28. The van der Waals surface area contributed by atoms with Crippen molar-refractivity contribution in [1.82, 2.24) is 9.97 Å². The van der Waals surface area contributed by atoms with Gasteiger partial charge >= 0.3 is 5.97 Å². The lowest BCUT2D eigenvalue weighted by molar-refractivity contribution is 0.0692. The highest BCUT2D eigenvalue weighted by Crippen LogP contribution is 2.18. The Morgan fingerprint density at radius 1 is 1.58 bits per heavy atom. The largest absolute Gasteiger partial charge is 0.478 e. The number of carbonyl (C=O) groups is 1. The molecule has 0 fully saturated rings. The summed E-state index contributed by atoms with van der Waals surface area (Å²) in [6, 6.07) is 2.40. The fraction of sp³-hybridized carbons (Fsp3) is 0.385. The summed E-state index contributed by atoms with van der Waals surface area (Å²) in [6.45, 7) is 1.95. The van der Waals surface area contributed by atoms with Crippen molar-refractivity contribution in [3.63, 3.8) is 0 Å². The van der Waals surface area contributed by atoms with Crippen LogP contribution in [0.1, 0.15) is 29.5 Å². The second-order valence-corrected chi connectivity index (χ2v) is 4.42. The van der Waals surface area contributed by atoms with Gasteiger partial charge in [0.15, 0.2) is 0 Å². The van der Waals surface area contributed by atoms with E-state index in [9.17, 15) is 9.18 Å². The number of methoxy groups -OCH3 is 1. The summed E-state index contributed by atoms with van der Waals surface area (Å²) >= 11 is 0. The number of nitrogens with zero attached hydrogens (tertiary/aromatic N) is 1. The number of benzene rings is 1. The van der Waals surface area contributed by atoms with Crippen molar-refractivity contribution in [3.8, 4) is 0 Å². The van der Waals surface area contributed by atoms with Gasteiger partial charge in [-0.15, -0.1) is 0 Å². The van der Waals surface area contributed by atoms with E-state index in [4.69, 9.17) is 9.84 Å². The predicted molar refractivity (Wildman–Crippen MR) is 67.8 cm³/mol. The van der Waals surface area contributed by atoms with Gasteiger partial charge in [0.25, 0.3) is 0 Å². The topological polar surface area (TPSA) is 75.2 Å². The average Bonchev–Trinajstić information content (AvgIpc) is 2.76. The summed E-state index contributed by atoms with van der Waals surface area (Å²) in [5, 5.41) is 8.85. The van der Waals surface area contributed by atoms with Crippen LogP contribution in [0.3, 0.4) is 0 Å². The second kappa shape index (κ2) is 5.36. The van der Waals surface area contributed by atoms with Crippen LogP contribution in [0.5, 0.6) is 0 Å². The maximum atomic E-state index is 13.5. The van der Waals surface area contributed by atoms with Gasteiger partial charge in [-0.25, -0.2) is 14.2 Å². The number of fused-ring (bicyclic) bond motifs is 1. The van der Waals surface area contributed by atoms with Gasteiger partial charge in [-0.05, 0) is 19.4 Å². The number of halogens is 1. The van der Waals surface area contributed by atoms with Crippen LogP contribution in [-0.2, 0) is 11.2 Å². The molecule has 19 heavy (non-hydrogen) atoms. The minimum atomic E-state index is -1.29. The molecule has 1 atom stereocenters. The number of rotatable bonds is 5. The first-order chi connectivity index (χ1) is 9.01. The van der Waals surface area contributed by atoms with Gasteiger partial charge in [0, 0.05) is 19.6 Å². The van der Waals surface area contributed by atoms with Crippen molar-refractivity contribution < 1.29 is 19.0 Å². The first-order valence-electron chi connectivity index (χ1n) is 5.95. The normalized spacial score (nSPS) is 12.8. The molecule has 1 unspecified atom stereocenters. The Morgan fingerprint density at radius 3 is 2.95 bits per heavy atom. The highest BCUT2D eigenvalue weighted by atomic mass is 19.1. The van der Waals surface area contributed by atoms with Crippen LogP contribution in [0, 0.1) is 5.82 Å². The van der Waals surface area contributed by atoms with Crippen molar-refractivity contribution in [2.24, 2.45) is 0 Å². The molecule has 1 aromatic heterocycles. The molecule has 2 aromatic rings. The molecule has 0 spiro atoms. The minimum absolute atomic E-state index is 0.111. The monoisotopic (exact) mass is 266 g/mol. The molecule has 102 valence electrons. The fourth-order valence-electron chi connectivity index (χ4n) is 1.82. The quantitative estimate of drug-likeness (QED) is 0.871. The van der Waals surface area contributed by atoms with Crippen molar-refractivity contribution in [3.05, 3.63) is 29.3 Å². The highest BCUT2D eigenvalue weighted by Gasteiger charge is 2.14. The van der Waals surface area contributed by atoms with Gasteiger partial charge in [0.2, 0.25) is 0 Å². The molecule has 2 N–H and O–H groups in total. The van der Waals surface area contributed by atoms with Crippen molar-refractivity contribution >= 4 is 17.0 Å². The molecule has 0 aliphatic heterocycles. The molecule has 5 nitrogen and oxygen atoms in total. The van der Waals surface area contributed by atoms with E-state index in [1.165, 1.54) is 6.07 Å². The van der Waals surface area contributed by atoms with E-state index in [2.05, 4.69) is 9.97 Å². The van der Waals surface area contributed by atoms with Crippen LogP contribution in [-0.4, -0.2) is 34.3 Å². The number of carboxylic acids is 1. The number of aromatic nitrogens is 2. The number of imidazole rings is 1. The van der Waals surface area contributed by atoms with Crippen LogP contribution in [0.4, 0.5) is 4.39 Å². The van der Waals surface area contributed by atoms with E-state index in [1.54, 1.807) is 7.11 Å². The highest BCUT2D eigenvalue weighted by molar-refractivity contribution is 5.92. The molecule has 2 rings (SSSR count). The molecule has 0 amide bonds. The van der Waals surface area contributed by atoms with Gasteiger partial charge in [0.1, 0.15) is 11.6 Å². The van der Waals surface area contributed by atoms with Crippen LogP contribution in [0.2, 0.25) is 0 Å². The fourth-order valence-corrected chi connectivity index (χ4v) is 1.82. The van der Waals surface area contributed by atoms with E-state index in [1.807, 2.05) is 6.92 Å². The number of carboxylic acid groups (broad SMARTS) is 1. The zero-order valence-corrected chi connectivity index (χ0v) is 10.7. The molecule has 0 saturated heterocycles. The smallest absolute Gasteiger partial charge is 0.338 e. The molecular formula is C13H15FN2O3. The van der Waals surface area contributed by atoms with E-state index in [-0.39, 0.29) is 11.7 Å². The summed E-state index contributed by atoms with van der Waals surface area (Å²) < 4.78 is 18.6. The molecule has 1 aromatic carbocycles. The number of hydrogen-bond donors (Lipinski definition) is 2. The average molecular weight is 266 g/mol. The SMILES string of the molecule is COC(C)CCc1nc2cc(C(=O)O)c(F)cc2[nH]1. The Hall–Kier alpha value is -1.95. The third-order valence-electron chi connectivity index (χ3n) is 3.04. The number of hydrogen-bond acceptors (Lipinski definition) is 3. The summed E-state index contributed by atoms with van der Waals surface area (Å²) in [5.74, 6) is -1.36. The van der Waals surface area contributed by atoms with Crippen LogP contribution >= 0.6 is 0 Å². The number of H-pyrrole nitrogens is 1. The molecule has 0 saturated carbocycles. The van der Waals surface area contributed by atoms with Gasteiger partial charge in [-0.1, -0.05) is 0 Å². The Labute approximate surface area is 109 Å². The number of aromatic carboxylic acids is 1. The number of ether oxygens (including phenoxy) is 1. The lowest BCUT2D eigenvalue weighted by Gasteiger charge is -2.06. The van der Waals surface area contributed by atoms with Crippen LogP contribution in [0.25, 0.3) is 11.0 Å². The Morgan fingerprint density at radius 2 is 2.32 bits per heavy atom. The molecule has 0 bridgehead atoms. The molecule has 0 aliphatic rings. The maximum absolute atomic E-state index is 13.5. The third kappa shape index (κ3) is 2.90. The summed E-state index contributed by atoms with van der Waals surface area (Å²) in [6.07, 6.45) is 1.55. The Bertz CT molecular complexity index is 609. The molecule has 6 heteroatoms. The standard InChI is InChI=1S/C13H15FN2O3/c1-7(19-2)3-4-12-15-10-5-8(13(17)18)9(14)6-11(10)16-12/h5-7H,3-4H2,1-2H3,(H,15,16)(H,17,18).